The molecular formula is C17H32N2O. The Labute approximate surface area is 124 Å². The van der Waals surface area contributed by atoms with Crippen molar-refractivity contribution >= 4 is 0 Å². The lowest BCUT2D eigenvalue weighted by molar-refractivity contribution is 0.0164. The van der Waals surface area contributed by atoms with Gasteiger partial charge in [0.1, 0.15) is 0 Å². The number of piperidine rings is 1. The molecular weight excluding hydrogens is 248 g/mol. The third-order valence-electron chi connectivity index (χ3n) is 6.34. The van der Waals surface area contributed by atoms with E-state index in [9.17, 15) is 5.11 Å². The molecule has 3 fully saturated rings. The van der Waals surface area contributed by atoms with E-state index in [0.717, 1.165) is 24.7 Å². The van der Waals surface area contributed by atoms with Crippen molar-refractivity contribution in [1.29, 1.82) is 0 Å². The molecule has 116 valence electrons. The molecule has 1 saturated carbocycles. The van der Waals surface area contributed by atoms with Crippen LogP contribution in [0.5, 0.6) is 0 Å². The molecule has 2 saturated heterocycles. The summed E-state index contributed by atoms with van der Waals surface area (Å²) in [4.78, 5) is 2.76. The van der Waals surface area contributed by atoms with Gasteiger partial charge in [-0.05, 0) is 63.8 Å². The summed E-state index contributed by atoms with van der Waals surface area (Å²) >= 11 is 0. The second-order valence-electron chi connectivity index (χ2n) is 7.45. The summed E-state index contributed by atoms with van der Waals surface area (Å²) in [5, 5.41) is 13.5. The van der Waals surface area contributed by atoms with E-state index in [4.69, 9.17) is 0 Å². The zero-order chi connectivity index (χ0) is 14.1. The summed E-state index contributed by atoms with van der Waals surface area (Å²) < 4.78 is 0. The van der Waals surface area contributed by atoms with Crippen LogP contribution in [0.15, 0.2) is 0 Å². The summed E-state index contributed by atoms with van der Waals surface area (Å²) in [5.74, 6) is 1.76. The molecule has 3 nitrogen and oxygen atoms in total. The Balaban J connectivity index is 1.63. The fraction of sp³-hybridized carbons (Fsp3) is 1.00. The predicted octanol–water partition coefficient (Wildman–Crippen LogP) is 2.39. The van der Waals surface area contributed by atoms with E-state index in [1.165, 1.54) is 45.1 Å². The Bertz CT molecular complexity index is 308. The number of nitrogens with zero attached hydrogens (tertiary/aromatic N) is 1. The minimum Gasteiger partial charge on any atom is -0.393 e. The van der Waals surface area contributed by atoms with Crippen molar-refractivity contribution in [2.75, 3.05) is 13.6 Å². The van der Waals surface area contributed by atoms with E-state index >= 15 is 0 Å². The quantitative estimate of drug-likeness (QED) is 0.830. The zero-order valence-electron chi connectivity index (χ0n) is 13.2. The van der Waals surface area contributed by atoms with Crippen LogP contribution in [0.1, 0.15) is 58.3 Å². The van der Waals surface area contributed by atoms with Crippen molar-refractivity contribution in [3.8, 4) is 0 Å². The molecule has 20 heavy (non-hydrogen) atoms. The first-order valence-electron chi connectivity index (χ1n) is 8.82. The highest BCUT2D eigenvalue weighted by Crippen LogP contribution is 2.39. The Kier molecular flexibility index (Phi) is 4.68. The first kappa shape index (κ1) is 14.8. The Hall–Kier alpha value is -0.120. The first-order valence-corrected chi connectivity index (χ1v) is 8.82. The molecule has 5 atom stereocenters. The molecule has 0 amide bonds. The number of nitrogens with one attached hydrogen (secondary N) is 1. The average Bonchev–Trinajstić information content (AvgIpc) is 2.70. The molecule has 3 rings (SSSR count). The van der Waals surface area contributed by atoms with Gasteiger partial charge in [-0.3, -0.25) is 4.90 Å². The number of rotatable bonds is 4. The summed E-state index contributed by atoms with van der Waals surface area (Å²) in [5.41, 5.74) is 0. The second-order valence-corrected chi connectivity index (χ2v) is 7.45. The van der Waals surface area contributed by atoms with Gasteiger partial charge in [0.2, 0.25) is 0 Å². The Morgan fingerprint density at radius 3 is 2.35 bits per heavy atom. The maximum Gasteiger partial charge on any atom is 0.0570 e. The lowest BCUT2D eigenvalue weighted by Gasteiger charge is -2.43. The molecule has 0 aromatic rings. The van der Waals surface area contributed by atoms with E-state index in [2.05, 4.69) is 24.2 Å². The minimum absolute atomic E-state index is 0.0291. The number of hydrogen-bond donors (Lipinski definition) is 2. The van der Waals surface area contributed by atoms with Crippen LogP contribution in [0.3, 0.4) is 0 Å². The molecule has 2 aliphatic heterocycles. The SMILES string of the molecule is CCC1CCC(NC)C(CN2C3CCC2CC(O)C3)C1. The molecule has 0 aromatic carbocycles. The van der Waals surface area contributed by atoms with Crippen molar-refractivity contribution in [2.45, 2.75) is 82.5 Å². The Morgan fingerprint density at radius 2 is 1.75 bits per heavy atom. The smallest absolute Gasteiger partial charge is 0.0570 e. The van der Waals surface area contributed by atoms with E-state index in [1.807, 2.05) is 0 Å². The van der Waals surface area contributed by atoms with E-state index in [1.54, 1.807) is 0 Å². The third kappa shape index (κ3) is 2.90. The number of aliphatic hydroxyl groups excluding tert-OH is 1. The molecule has 3 heteroatoms. The van der Waals surface area contributed by atoms with Crippen LogP contribution in [-0.2, 0) is 0 Å². The largest absolute Gasteiger partial charge is 0.393 e. The molecule has 0 aromatic heterocycles. The van der Waals surface area contributed by atoms with Gasteiger partial charge in [-0.2, -0.15) is 0 Å². The predicted molar refractivity (Wildman–Crippen MR) is 82.7 cm³/mol. The molecule has 0 radical (unpaired) electrons. The third-order valence-corrected chi connectivity index (χ3v) is 6.34. The number of fused-ring (bicyclic) bond motifs is 2. The lowest BCUT2D eigenvalue weighted by atomic mass is 9.76. The van der Waals surface area contributed by atoms with E-state index < -0.39 is 0 Å². The van der Waals surface area contributed by atoms with Crippen molar-refractivity contribution in [3.63, 3.8) is 0 Å². The van der Waals surface area contributed by atoms with Gasteiger partial charge in [-0.25, -0.2) is 0 Å². The van der Waals surface area contributed by atoms with Crippen LogP contribution in [0.25, 0.3) is 0 Å². The van der Waals surface area contributed by atoms with Crippen molar-refractivity contribution in [1.82, 2.24) is 10.2 Å². The van der Waals surface area contributed by atoms with Gasteiger partial charge in [0.05, 0.1) is 6.10 Å². The molecule has 1 aliphatic carbocycles. The highest BCUT2D eigenvalue weighted by molar-refractivity contribution is 4.97. The lowest BCUT2D eigenvalue weighted by Crippen LogP contribution is -2.51. The first-order chi connectivity index (χ1) is 9.71. The molecule has 0 spiro atoms. The Morgan fingerprint density at radius 1 is 1.05 bits per heavy atom. The standard InChI is InChI=1S/C17H32N2O/c1-3-12-4-7-17(18-2)13(8-12)11-19-14-5-6-15(19)10-16(20)9-14/h12-18,20H,3-11H2,1-2H3. The minimum atomic E-state index is -0.0291. The summed E-state index contributed by atoms with van der Waals surface area (Å²) in [7, 11) is 2.14. The van der Waals surface area contributed by atoms with Gasteiger partial charge in [-0.15, -0.1) is 0 Å². The highest BCUT2D eigenvalue weighted by Gasteiger charge is 2.42. The van der Waals surface area contributed by atoms with Crippen LogP contribution in [0.4, 0.5) is 0 Å². The number of hydrogen-bond acceptors (Lipinski definition) is 3. The van der Waals surface area contributed by atoms with Crippen LogP contribution >= 0.6 is 0 Å². The average molecular weight is 280 g/mol. The summed E-state index contributed by atoms with van der Waals surface area (Å²) in [6, 6.07) is 2.05. The van der Waals surface area contributed by atoms with Crippen molar-refractivity contribution in [3.05, 3.63) is 0 Å². The van der Waals surface area contributed by atoms with Crippen molar-refractivity contribution < 1.29 is 5.11 Å². The van der Waals surface area contributed by atoms with Crippen molar-refractivity contribution in [2.24, 2.45) is 11.8 Å². The topological polar surface area (TPSA) is 35.5 Å². The molecule has 2 heterocycles. The molecule has 2 N–H and O–H groups in total. The van der Waals surface area contributed by atoms with Gasteiger partial charge >= 0.3 is 0 Å². The van der Waals surface area contributed by atoms with E-state index in [-0.39, 0.29) is 6.10 Å². The van der Waals surface area contributed by atoms with Crippen LogP contribution in [0.2, 0.25) is 0 Å². The maximum absolute atomic E-state index is 9.95. The number of aliphatic hydroxyl groups is 1. The highest BCUT2D eigenvalue weighted by atomic mass is 16.3. The molecule has 2 bridgehead atoms. The summed E-state index contributed by atoms with van der Waals surface area (Å²) in [6.07, 6.45) is 10.1. The van der Waals surface area contributed by atoms with Gasteiger partial charge < -0.3 is 10.4 Å². The fourth-order valence-corrected chi connectivity index (χ4v) is 5.13. The van der Waals surface area contributed by atoms with Crippen LogP contribution in [0, 0.1) is 11.8 Å². The molecule has 5 unspecified atom stereocenters. The van der Waals surface area contributed by atoms with Gasteiger partial charge in [-0.1, -0.05) is 13.3 Å². The fourth-order valence-electron chi connectivity index (χ4n) is 5.13. The normalized spacial score (nSPS) is 45.8. The maximum atomic E-state index is 9.95. The van der Waals surface area contributed by atoms with Gasteiger partial charge in [0.15, 0.2) is 0 Å². The molecule has 3 aliphatic rings. The summed E-state index contributed by atoms with van der Waals surface area (Å²) in [6.45, 7) is 3.62. The van der Waals surface area contributed by atoms with Crippen LogP contribution < -0.4 is 5.32 Å². The van der Waals surface area contributed by atoms with Gasteiger partial charge in [0.25, 0.3) is 0 Å². The zero-order valence-corrected chi connectivity index (χ0v) is 13.2. The van der Waals surface area contributed by atoms with E-state index in [0.29, 0.717) is 18.1 Å². The second kappa shape index (κ2) is 6.33. The monoisotopic (exact) mass is 280 g/mol. The van der Waals surface area contributed by atoms with Crippen LogP contribution in [-0.4, -0.2) is 47.8 Å². The van der Waals surface area contributed by atoms with Gasteiger partial charge in [0, 0.05) is 24.7 Å².